The highest BCUT2D eigenvalue weighted by Crippen LogP contribution is 2.55. The first-order valence-electron chi connectivity index (χ1n) is 5.34. The molecule has 0 spiro atoms. The minimum Gasteiger partial charge on any atom is -0.310 e. The van der Waals surface area contributed by atoms with Gasteiger partial charge in [0, 0.05) is 12.6 Å². The van der Waals surface area contributed by atoms with Crippen molar-refractivity contribution in [3.8, 4) is 0 Å². The first-order chi connectivity index (χ1) is 5.80. The van der Waals surface area contributed by atoms with Gasteiger partial charge in [0.25, 0.3) is 0 Å². The largest absolute Gasteiger partial charge is 0.310 e. The standard InChI is InChI=1S/C11H18N/c1-12-11-5-8-2-9(6-11)4-10(3-8)7-11/h8-10,12H,1-7H2. The summed E-state index contributed by atoms with van der Waals surface area (Å²) in [6, 6.07) is 0. The van der Waals surface area contributed by atoms with Crippen molar-refractivity contribution >= 4 is 0 Å². The van der Waals surface area contributed by atoms with E-state index in [1.807, 2.05) is 0 Å². The molecule has 4 saturated carbocycles. The maximum atomic E-state index is 3.93. The van der Waals surface area contributed by atoms with Crippen LogP contribution in [0.15, 0.2) is 0 Å². The van der Waals surface area contributed by atoms with Crippen molar-refractivity contribution in [1.82, 2.24) is 5.32 Å². The molecule has 0 aromatic rings. The van der Waals surface area contributed by atoms with E-state index in [9.17, 15) is 0 Å². The molecule has 4 bridgehead atoms. The predicted molar refractivity (Wildman–Crippen MR) is 49.4 cm³/mol. The molecule has 0 unspecified atom stereocenters. The van der Waals surface area contributed by atoms with Gasteiger partial charge in [-0.15, -0.1) is 0 Å². The van der Waals surface area contributed by atoms with Crippen molar-refractivity contribution in [2.75, 3.05) is 0 Å². The second kappa shape index (κ2) is 2.25. The third-order valence-electron chi connectivity index (χ3n) is 4.41. The molecular weight excluding hydrogens is 146 g/mol. The van der Waals surface area contributed by atoms with Crippen LogP contribution in [0.25, 0.3) is 0 Å². The Morgan fingerprint density at radius 2 is 1.33 bits per heavy atom. The molecule has 0 atom stereocenters. The summed E-state index contributed by atoms with van der Waals surface area (Å²) in [5.41, 5.74) is 0.481. The van der Waals surface area contributed by atoms with E-state index >= 15 is 0 Å². The molecule has 4 aliphatic rings. The van der Waals surface area contributed by atoms with Crippen molar-refractivity contribution in [1.29, 1.82) is 0 Å². The van der Waals surface area contributed by atoms with Crippen LogP contribution in [-0.2, 0) is 0 Å². The lowest BCUT2D eigenvalue weighted by Crippen LogP contribution is -2.56. The van der Waals surface area contributed by atoms with Crippen LogP contribution in [-0.4, -0.2) is 5.54 Å². The summed E-state index contributed by atoms with van der Waals surface area (Å²) in [4.78, 5) is 0. The molecule has 67 valence electrons. The summed E-state index contributed by atoms with van der Waals surface area (Å²) in [6.45, 7) is 0. The maximum Gasteiger partial charge on any atom is 0.0190 e. The normalized spacial score (nSPS) is 56.2. The number of rotatable bonds is 1. The third kappa shape index (κ3) is 0.891. The Balaban J connectivity index is 1.90. The van der Waals surface area contributed by atoms with E-state index < -0.39 is 0 Å². The van der Waals surface area contributed by atoms with Gasteiger partial charge in [0.2, 0.25) is 0 Å². The molecule has 1 N–H and O–H groups in total. The van der Waals surface area contributed by atoms with Crippen LogP contribution in [0, 0.1) is 24.8 Å². The average molecular weight is 164 g/mol. The quantitative estimate of drug-likeness (QED) is 0.627. The topological polar surface area (TPSA) is 12.0 Å². The smallest absolute Gasteiger partial charge is 0.0190 e. The van der Waals surface area contributed by atoms with Crippen LogP contribution in [0.1, 0.15) is 38.5 Å². The molecule has 0 aromatic carbocycles. The van der Waals surface area contributed by atoms with Gasteiger partial charge in [0.05, 0.1) is 0 Å². The zero-order valence-electron chi connectivity index (χ0n) is 7.68. The van der Waals surface area contributed by atoms with Gasteiger partial charge < -0.3 is 5.32 Å². The van der Waals surface area contributed by atoms with Crippen molar-refractivity contribution in [3.63, 3.8) is 0 Å². The fraction of sp³-hybridized carbons (Fsp3) is 0.909. The highest BCUT2D eigenvalue weighted by molar-refractivity contribution is 5.06. The predicted octanol–water partition coefficient (Wildman–Crippen LogP) is 2.34. The van der Waals surface area contributed by atoms with Crippen molar-refractivity contribution in [2.45, 2.75) is 44.1 Å². The monoisotopic (exact) mass is 164 g/mol. The number of nitrogens with one attached hydrogen (secondary N) is 1. The molecule has 4 rings (SSSR count). The molecule has 0 aliphatic heterocycles. The lowest BCUT2D eigenvalue weighted by molar-refractivity contribution is -0.0134. The van der Waals surface area contributed by atoms with Gasteiger partial charge in [0.15, 0.2) is 0 Å². The summed E-state index contributed by atoms with van der Waals surface area (Å²) in [7, 11) is 3.93. The van der Waals surface area contributed by atoms with Gasteiger partial charge in [-0.2, -0.15) is 0 Å². The molecule has 1 radical (unpaired) electrons. The molecule has 1 heteroatoms. The van der Waals surface area contributed by atoms with Crippen molar-refractivity contribution in [2.24, 2.45) is 17.8 Å². The minimum atomic E-state index is 0.481. The first kappa shape index (κ1) is 7.37. The summed E-state index contributed by atoms with van der Waals surface area (Å²) >= 11 is 0. The molecule has 0 amide bonds. The number of hydrogen-bond acceptors (Lipinski definition) is 1. The zero-order chi connectivity index (χ0) is 8.18. The van der Waals surface area contributed by atoms with Crippen LogP contribution in [0.5, 0.6) is 0 Å². The van der Waals surface area contributed by atoms with E-state index in [-0.39, 0.29) is 0 Å². The Bertz CT molecular complexity index is 162. The molecule has 0 aromatic heterocycles. The van der Waals surface area contributed by atoms with Crippen LogP contribution in [0.4, 0.5) is 0 Å². The van der Waals surface area contributed by atoms with E-state index in [4.69, 9.17) is 0 Å². The van der Waals surface area contributed by atoms with Gasteiger partial charge in [-0.1, -0.05) is 0 Å². The number of hydrogen-bond donors (Lipinski definition) is 1. The SMILES string of the molecule is [CH2]NC12CC3CC(CC(C3)C1)C2. The molecule has 4 fully saturated rings. The Morgan fingerprint density at radius 1 is 0.917 bits per heavy atom. The molecule has 1 nitrogen and oxygen atoms in total. The highest BCUT2D eigenvalue weighted by Gasteiger charge is 2.49. The van der Waals surface area contributed by atoms with Crippen molar-refractivity contribution < 1.29 is 0 Å². The Labute approximate surface area is 74.9 Å². The zero-order valence-corrected chi connectivity index (χ0v) is 7.68. The molecule has 0 saturated heterocycles. The molecular formula is C11H18N. The maximum absolute atomic E-state index is 3.93. The minimum absolute atomic E-state index is 0.481. The van der Waals surface area contributed by atoms with Gasteiger partial charge in [-0.25, -0.2) is 0 Å². The molecule has 12 heavy (non-hydrogen) atoms. The third-order valence-corrected chi connectivity index (χ3v) is 4.41. The lowest BCUT2D eigenvalue weighted by Gasteiger charge is -2.56. The summed E-state index contributed by atoms with van der Waals surface area (Å²) in [5.74, 6) is 3.14. The summed E-state index contributed by atoms with van der Waals surface area (Å²) in [6.07, 6.45) is 8.84. The van der Waals surface area contributed by atoms with E-state index in [1.54, 1.807) is 0 Å². The van der Waals surface area contributed by atoms with Crippen LogP contribution in [0.2, 0.25) is 0 Å². The van der Waals surface area contributed by atoms with Crippen LogP contribution < -0.4 is 5.32 Å². The molecule has 4 aliphatic carbocycles. The van der Waals surface area contributed by atoms with E-state index in [2.05, 4.69) is 12.4 Å². The fourth-order valence-corrected chi connectivity index (χ4v) is 4.33. The Morgan fingerprint density at radius 3 is 1.67 bits per heavy atom. The van der Waals surface area contributed by atoms with Gasteiger partial charge in [0.1, 0.15) is 0 Å². The Hall–Kier alpha value is -0.0400. The van der Waals surface area contributed by atoms with Gasteiger partial charge >= 0.3 is 0 Å². The van der Waals surface area contributed by atoms with E-state index in [1.165, 1.54) is 38.5 Å². The molecule has 0 heterocycles. The second-order valence-electron chi connectivity index (χ2n) is 5.37. The van der Waals surface area contributed by atoms with Gasteiger partial charge in [-0.05, 0) is 56.3 Å². The second-order valence-corrected chi connectivity index (χ2v) is 5.37. The van der Waals surface area contributed by atoms with E-state index in [0.29, 0.717) is 5.54 Å². The van der Waals surface area contributed by atoms with E-state index in [0.717, 1.165) is 17.8 Å². The summed E-state index contributed by atoms with van der Waals surface area (Å²) in [5, 5.41) is 3.36. The van der Waals surface area contributed by atoms with Crippen LogP contribution >= 0.6 is 0 Å². The highest BCUT2D eigenvalue weighted by atomic mass is 15.0. The Kier molecular flexibility index (Phi) is 1.39. The lowest BCUT2D eigenvalue weighted by atomic mass is 9.53. The first-order valence-corrected chi connectivity index (χ1v) is 5.34. The fourth-order valence-electron chi connectivity index (χ4n) is 4.33. The van der Waals surface area contributed by atoms with Crippen LogP contribution in [0.3, 0.4) is 0 Å². The summed E-state index contributed by atoms with van der Waals surface area (Å²) < 4.78 is 0. The van der Waals surface area contributed by atoms with Gasteiger partial charge in [-0.3, -0.25) is 0 Å². The average Bonchev–Trinajstić information content (AvgIpc) is 2.02. The van der Waals surface area contributed by atoms with Crippen molar-refractivity contribution in [3.05, 3.63) is 7.05 Å².